The zero-order valence-corrected chi connectivity index (χ0v) is 22.2. The SMILES string of the molecule is C=C(O)c1cc(C(F)(F)F)cc(C(F)(F)F)c1.CC.CC.CCC.O=Cc1ccc(C(F)(F)F)nc1C(F)(F)F. The summed E-state index contributed by atoms with van der Waals surface area (Å²) in [7, 11) is 0. The maximum absolute atomic E-state index is 12.3. The summed E-state index contributed by atoms with van der Waals surface area (Å²) in [4.78, 5) is 12.6. The predicted octanol–water partition coefficient (Wildman–Crippen LogP) is 10.7. The maximum atomic E-state index is 12.3. The number of hydrogen-bond acceptors (Lipinski definition) is 3. The molecule has 2 rings (SSSR count). The number of carbonyl (C=O) groups excluding carboxylic acids is 1. The molecule has 0 unspecified atom stereocenters. The van der Waals surface area contributed by atoms with E-state index in [4.69, 9.17) is 5.11 Å². The van der Waals surface area contributed by atoms with Crippen LogP contribution in [0.5, 0.6) is 0 Å². The third kappa shape index (κ3) is 14.8. The summed E-state index contributed by atoms with van der Waals surface area (Å²) in [6.45, 7) is 15.1. The number of aromatic nitrogens is 1. The molecule has 40 heavy (non-hydrogen) atoms. The minimum atomic E-state index is -5.10. The number of carbonyl (C=O) groups is 1. The number of pyridine rings is 1. The van der Waals surface area contributed by atoms with Crippen LogP contribution in [0.3, 0.4) is 0 Å². The molecule has 0 bridgehead atoms. The number of aliphatic hydroxyl groups is 1. The summed E-state index contributed by atoms with van der Waals surface area (Å²) in [6.07, 6.45) is -18.9. The van der Waals surface area contributed by atoms with Crippen molar-refractivity contribution in [2.24, 2.45) is 0 Å². The quantitative estimate of drug-likeness (QED) is 0.211. The Hall–Kier alpha value is -3.26. The molecule has 0 spiro atoms. The Morgan fingerprint density at radius 3 is 1.38 bits per heavy atom. The summed E-state index contributed by atoms with van der Waals surface area (Å²) in [5.41, 5.74) is -8.05. The number of halogens is 12. The van der Waals surface area contributed by atoms with E-state index in [1.165, 1.54) is 6.42 Å². The molecule has 0 aliphatic rings. The molecule has 0 saturated carbocycles. The van der Waals surface area contributed by atoms with Crippen LogP contribution in [0.4, 0.5) is 52.7 Å². The summed E-state index contributed by atoms with van der Waals surface area (Å²) >= 11 is 0. The van der Waals surface area contributed by atoms with E-state index in [-0.39, 0.29) is 12.4 Å². The second kappa shape index (κ2) is 17.4. The Labute approximate surface area is 223 Å². The van der Waals surface area contributed by atoms with Crippen LogP contribution in [-0.4, -0.2) is 16.4 Å². The van der Waals surface area contributed by atoms with Crippen LogP contribution in [0.15, 0.2) is 36.9 Å². The maximum Gasteiger partial charge on any atom is 0.434 e. The van der Waals surface area contributed by atoms with E-state index in [0.29, 0.717) is 24.3 Å². The summed E-state index contributed by atoms with van der Waals surface area (Å²) < 4.78 is 147. The third-order valence-electron chi connectivity index (χ3n) is 3.53. The Morgan fingerprint density at radius 1 is 0.750 bits per heavy atom. The lowest BCUT2D eigenvalue weighted by Crippen LogP contribution is -2.17. The lowest BCUT2D eigenvalue weighted by atomic mass is 10.0. The Kier molecular flexibility index (Phi) is 18.0. The summed E-state index contributed by atoms with van der Waals surface area (Å²) in [5, 5.41) is 8.87. The van der Waals surface area contributed by atoms with Crippen LogP contribution in [-0.2, 0) is 24.7 Å². The zero-order valence-electron chi connectivity index (χ0n) is 22.2. The van der Waals surface area contributed by atoms with Crippen LogP contribution in [0.25, 0.3) is 5.76 Å². The largest absolute Gasteiger partial charge is 0.508 e. The summed E-state index contributed by atoms with van der Waals surface area (Å²) in [6, 6.07) is 1.53. The topological polar surface area (TPSA) is 50.2 Å². The highest BCUT2D eigenvalue weighted by Crippen LogP contribution is 2.37. The lowest BCUT2D eigenvalue weighted by Gasteiger charge is -2.13. The predicted molar refractivity (Wildman–Crippen MR) is 126 cm³/mol. The lowest BCUT2D eigenvalue weighted by molar-refractivity contribution is -0.150. The first-order valence-electron chi connectivity index (χ1n) is 11.4. The second-order valence-corrected chi connectivity index (χ2v) is 6.70. The highest BCUT2D eigenvalue weighted by molar-refractivity contribution is 5.76. The molecular weight excluding hydrogens is 574 g/mol. The number of rotatable bonds is 2. The molecule has 1 aromatic carbocycles. The van der Waals surface area contributed by atoms with E-state index in [1.807, 2.05) is 27.7 Å². The van der Waals surface area contributed by atoms with Gasteiger partial charge in [-0.3, -0.25) is 4.79 Å². The van der Waals surface area contributed by atoms with Crippen molar-refractivity contribution in [3.05, 3.63) is 70.6 Å². The van der Waals surface area contributed by atoms with E-state index in [2.05, 4.69) is 25.4 Å². The number of alkyl halides is 12. The van der Waals surface area contributed by atoms with Gasteiger partial charge in [0.2, 0.25) is 0 Å². The molecule has 0 saturated heterocycles. The van der Waals surface area contributed by atoms with Gasteiger partial charge in [-0.2, -0.15) is 52.7 Å². The highest BCUT2D eigenvalue weighted by atomic mass is 19.4. The molecule has 0 radical (unpaired) electrons. The smallest absolute Gasteiger partial charge is 0.434 e. The molecule has 0 aliphatic carbocycles. The second-order valence-electron chi connectivity index (χ2n) is 6.70. The van der Waals surface area contributed by atoms with E-state index >= 15 is 0 Å². The minimum absolute atomic E-state index is 0.0214. The first-order chi connectivity index (χ1) is 18.1. The van der Waals surface area contributed by atoms with Crippen LogP contribution >= 0.6 is 0 Å². The molecule has 230 valence electrons. The van der Waals surface area contributed by atoms with Crippen LogP contribution in [0.2, 0.25) is 0 Å². The summed E-state index contributed by atoms with van der Waals surface area (Å²) in [5.74, 6) is -0.860. The Balaban J connectivity index is -0.000000560. The van der Waals surface area contributed by atoms with Crippen molar-refractivity contribution in [3.63, 3.8) is 0 Å². The average Bonchev–Trinajstić information content (AvgIpc) is 2.84. The van der Waals surface area contributed by atoms with Crippen LogP contribution in [0, 0.1) is 0 Å². The number of nitrogens with zero attached hydrogens (tertiary/aromatic N) is 1. The normalized spacial score (nSPS) is 11.2. The van der Waals surface area contributed by atoms with Crippen molar-refractivity contribution in [2.75, 3.05) is 0 Å². The Bertz CT molecular complexity index is 1010. The van der Waals surface area contributed by atoms with Crippen molar-refractivity contribution in [1.82, 2.24) is 4.98 Å². The number of aliphatic hydroxyl groups excluding tert-OH is 1. The molecule has 1 aromatic heterocycles. The fourth-order valence-corrected chi connectivity index (χ4v) is 2.07. The van der Waals surface area contributed by atoms with Gasteiger partial charge in [0, 0.05) is 11.1 Å². The van der Waals surface area contributed by atoms with Crippen molar-refractivity contribution < 1.29 is 62.6 Å². The molecule has 0 aliphatic heterocycles. The minimum Gasteiger partial charge on any atom is -0.508 e. The fraction of sp³-hybridized carbons (Fsp3) is 0.440. The molecule has 0 atom stereocenters. The van der Waals surface area contributed by atoms with Crippen molar-refractivity contribution in [1.29, 1.82) is 0 Å². The van der Waals surface area contributed by atoms with Gasteiger partial charge in [-0.15, -0.1) is 0 Å². The van der Waals surface area contributed by atoms with E-state index < -0.39 is 64.1 Å². The van der Waals surface area contributed by atoms with Crippen molar-refractivity contribution >= 4 is 12.0 Å². The van der Waals surface area contributed by atoms with Gasteiger partial charge in [0.1, 0.15) is 11.5 Å². The highest BCUT2D eigenvalue weighted by Gasteiger charge is 2.40. The van der Waals surface area contributed by atoms with Gasteiger partial charge < -0.3 is 5.11 Å². The Morgan fingerprint density at radius 2 is 1.12 bits per heavy atom. The van der Waals surface area contributed by atoms with Crippen LogP contribution < -0.4 is 0 Å². The molecule has 3 nitrogen and oxygen atoms in total. The number of hydrogen-bond donors (Lipinski definition) is 1. The zero-order chi connectivity index (χ0) is 32.7. The molecular formula is C25H29F12NO2. The molecule has 1 N–H and O–H groups in total. The van der Waals surface area contributed by atoms with E-state index in [0.717, 1.165) is 0 Å². The van der Waals surface area contributed by atoms with Gasteiger partial charge in [0.15, 0.2) is 12.0 Å². The molecule has 2 aromatic rings. The number of benzene rings is 1. The van der Waals surface area contributed by atoms with Crippen molar-refractivity contribution in [3.8, 4) is 0 Å². The van der Waals surface area contributed by atoms with Gasteiger partial charge in [0.25, 0.3) is 0 Å². The van der Waals surface area contributed by atoms with Gasteiger partial charge in [-0.05, 0) is 30.3 Å². The molecule has 0 amide bonds. The molecule has 15 heteroatoms. The average molecular weight is 603 g/mol. The van der Waals surface area contributed by atoms with Crippen molar-refractivity contribution in [2.45, 2.75) is 72.7 Å². The van der Waals surface area contributed by atoms with E-state index in [1.54, 1.807) is 0 Å². The first-order valence-corrected chi connectivity index (χ1v) is 11.4. The van der Waals surface area contributed by atoms with Gasteiger partial charge in [-0.1, -0.05) is 54.5 Å². The number of aldehydes is 1. The van der Waals surface area contributed by atoms with Gasteiger partial charge in [0.05, 0.1) is 11.1 Å². The molecule has 0 fully saturated rings. The monoisotopic (exact) mass is 603 g/mol. The molecule has 1 heterocycles. The van der Waals surface area contributed by atoms with Crippen LogP contribution in [0.1, 0.15) is 86.4 Å². The van der Waals surface area contributed by atoms with Gasteiger partial charge in [-0.25, -0.2) is 4.98 Å². The van der Waals surface area contributed by atoms with E-state index in [9.17, 15) is 57.5 Å². The standard InChI is InChI=1S/C10H6F6O.C8H3F6NO.C3H8.2C2H6/c1-5(17)6-2-7(9(11,12)13)4-8(3-6)10(14,15)16;9-7(10,11)5-2-1-4(3-16)6(15-5)8(12,13)14;1-3-2;2*1-2/h2-4,17H,1H2;1-3H;3H2,1-2H3;2*1-2H3. The third-order valence-corrected chi connectivity index (χ3v) is 3.53. The van der Waals surface area contributed by atoms with Gasteiger partial charge >= 0.3 is 24.7 Å². The first kappa shape index (κ1) is 41.2. The fourth-order valence-electron chi connectivity index (χ4n) is 2.07.